The third kappa shape index (κ3) is 1.99. The van der Waals surface area contributed by atoms with Crippen molar-refractivity contribution in [1.82, 2.24) is 4.98 Å². The lowest BCUT2D eigenvalue weighted by atomic mass is 9.91. The molecule has 1 aromatic rings. The zero-order chi connectivity index (χ0) is 10.1. The van der Waals surface area contributed by atoms with Crippen LogP contribution in [-0.2, 0) is 5.41 Å². The van der Waals surface area contributed by atoms with Crippen molar-refractivity contribution in [3.05, 3.63) is 28.5 Å². The fraction of sp³-hybridized carbons (Fsp3) is 0.400. The molecule has 1 rings (SSSR count). The van der Waals surface area contributed by atoms with Gasteiger partial charge in [-0.25, -0.2) is 0 Å². The van der Waals surface area contributed by atoms with E-state index in [-0.39, 0.29) is 5.41 Å². The van der Waals surface area contributed by atoms with E-state index in [1.165, 1.54) is 0 Å². The summed E-state index contributed by atoms with van der Waals surface area (Å²) < 4.78 is 0. The van der Waals surface area contributed by atoms with Crippen LogP contribution < -0.4 is 0 Å². The lowest BCUT2D eigenvalue weighted by Gasteiger charge is -2.19. The molecule has 0 spiro atoms. The molecule has 13 heavy (non-hydrogen) atoms. The highest BCUT2D eigenvalue weighted by atomic mass is 35.5. The van der Waals surface area contributed by atoms with Crippen LogP contribution >= 0.6 is 11.6 Å². The SMILES string of the molecule is CC(C)(C)c1nccc(C#N)c1Cl. The molecular weight excluding hydrogens is 184 g/mol. The van der Waals surface area contributed by atoms with Crippen molar-refractivity contribution >= 4 is 11.6 Å². The second kappa shape index (κ2) is 3.35. The first kappa shape index (κ1) is 10.0. The van der Waals surface area contributed by atoms with Crippen LogP contribution in [0.25, 0.3) is 0 Å². The Labute approximate surface area is 83.2 Å². The summed E-state index contributed by atoms with van der Waals surface area (Å²) in [6.45, 7) is 6.05. The van der Waals surface area contributed by atoms with Gasteiger partial charge < -0.3 is 0 Å². The molecular formula is C10H11ClN2. The molecule has 0 aliphatic carbocycles. The van der Waals surface area contributed by atoms with Gasteiger partial charge in [-0.05, 0) is 6.07 Å². The van der Waals surface area contributed by atoms with Crippen LogP contribution in [0.5, 0.6) is 0 Å². The van der Waals surface area contributed by atoms with Gasteiger partial charge in [-0.2, -0.15) is 5.26 Å². The summed E-state index contributed by atoms with van der Waals surface area (Å²) >= 11 is 6.01. The summed E-state index contributed by atoms with van der Waals surface area (Å²) in [5, 5.41) is 9.22. The fourth-order valence-corrected chi connectivity index (χ4v) is 1.49. The Morgan fingerprint density at radius 1 is 1.46 bits per heavy atom. The molecule has 0 radical (unpaired) electrons. The van der Waals surface area contributed by atoms with E-state index < -0.39 is 0 Å². The first-order valence-corrected chi connectivity index (χ1v) is 4.39. The van der Waals surface area contributed by atoms with Crippen LogP contribution in [-0.4, -0.2) is 4.98 Å². The molecule has 0 aliphatic rings. The highest BCUT2D eigenvalue weighted by Gasteiger charge is 2.20. The first-order valence-electron chi connectivity index (χ1n) is 4.02. The molecule has 3 heteroatoms. The molecule has 68 valence electrons. The molecule has 0 unspecified atom stereocenters. The normalized spacial score (nSPS) is 11.0. The quantitative estimate of drug-likeness (QED) is 0.637. The second-order valence-electron chi connectivity index (χ2n) is 3.88. The summed E-state index contributed by atoms with van der Waals surface area (Å²) in [5.41, 5.74) is 1.14. The molecule has 0 aromatic carbocycles. The maximum absolute atomic E-state index is 8.75. The second-order valence-corrected chi connectivity index (χ2v) is 4.26. The summed E-state index contributed by atoms with van der Waals surface area (Å²) in [4.78, 5) is 4.18. The highest BCUT2D eigenvalue weighted by Crippen LogP contribution is 2.29. The monoisotopic (exact) mass is 194 g/mol. The standard InChI is InChI=1S/C10H11ClN2/c1-10(2,3)9-8(11)7(6-12)4-5-13-9/h4-5H,1-3H3. The van der Waals surface area contributed by atoms with Gasteiger partial charge in [0.15, 0.2) is 0 Å². The van der Waals surface area contributed by atoms with Gasteiger partial charge in [-0.1, -0.05) is 32.4 Å². The molecule has 1 aromatic heterocycles. The Balaban J connectivity index is 3.34. The van der Waals surface area contributed by atoms with Gasteiger partial charge in [-0.15, -0.1) is 0 Å². The van der Waals surface area contributed by atoms with Gasteiger partial charge in [0, 0.05) is 11.6 Å². The number of nitriles is 1. The number of pyridine rings is 1. The minimum atomic E-state index is -0.121. The number of nitrogens with zero attached hydrogens (tertiary/aromatic N) is 2. The van der Waals surface area contributed by atoms with E-state index in [0.717, 1.165) is 5.69 Å². The van der Waals surface area contributed by atoms with E-state index in [1.54, 1.807) is 12.3 Å². The summed E-state index contributed by atoms with van der Waals surface area (Å²) in [5.74, 6) is 0. The molecule has 0 amide bonds. The Hall–Kier alpha value is -1.07. The van der Waals surface area contributed by atoms with Crippen molar-refractivity contribution in [1.29, 1.82) is 5.26 Å². The first-order chi connectivity index (χ1) is 5.96. The van der Waals surface area contributed by atoms with Crippen molar-refractivity contribution in [2.24, 2.45) is 0 Å². The smallest absolute Gasteiger partial charge is 0.101 e. The van der Waals surface area contributed by atoms with Crippen LogP contribution in [0.3, 0.4) is 0 Å². The average molecular weight is 195 g/mol. The third-order valence-corrected chi connectivity index (χ3v) is 2.10. The molecule has 0 N–H and O–H groups in total. The van der Waals surface area contributed by atoms with E-state index in [9.17, 15) is 0 Å². The van der Waals surface area contributed by atoms with E-state index in [4.69, 9.17) is 16.9 Å². The Morgan fingerprint density at radius 2 is 2.08 bits per heavy atom. The molecule has 0 aliphatic heterocycles. The van der Waals surface area contributed by atoms with Crippen LogP contribution in [0.4, 0.5) is 0 Å². The predicted molar refractivity (Wildman–Crippen MR) is 52.7 cm³/mol. The Morgan fingerprint density at radius 3 is 2.54 bits per heavy atom. The van der Waals surface area contributed by atoms with Crippen molar-refractivity contribution in [3.8, 4) is 6.07 Å². The zero-order valence-corrected chi connectivity index (χ0v) is 8.68. The van der Waals surface area contributed by atoms with Crippen molar-refractivity contribution in [3.63, 3.8) is 0 Å². The van der Waals surface area contributed by atoms with Gasteiger partial charge in [0.25, 0.3) is 0 Å². The van der Waals surface area contributed by atoms with Crippen LogP contribution in [0.1, 0.15) is 32.0 Å². The van der Waals surface area contributed by atoms with E-state index in [0.29, 0.717) is 10.6 Å². The molecule has 0 saturated carbocycles. The van der Waals surface area contributed by atoms with Crippen molar-refractivity contribution < 1.29 is 0 Å². The summed E-state index contributed by atoms with van der Waals surface area (Å²) in [6.07, 6.45) is 1.62. The van der Waals surface area contributed by atoms with Crippen LogP contribution in [0.2, 0.25) is 5.02 Å². The number of halogens is 1. The fourth-order valence-electron chi connectivity index (χ4n) is 1.05. The largest absolute Gasteiger partial charge is 0.259 e. The van der Waals surface area contributed by atoms with Gasteiger partial charge in [0.05, 0.1) is 16.3 Å². The Kier molecular flexibility index (Phi) is 2.58. The van der Waals surface area contributed by atoms with Crippen LogP contribution in [0.15, 0.2) is 12.3 Å². The maximum Gasteiger partial charge on any atom is 0.101 e. The van der Waals surface area contributed by atoms with Crippen LogP contribution in [0, 0.1) is 11.3 Å². The maximum atomic E-state index is 8.75. The highest BCUT2D eigenvalue weighted by molar-refractivity contribution is 6.32. The topological polar surface area (TPSA) is 36.7 Å². The lowest BCUT2D eigenvalue weighted by molar-refractivity contribution is 0.569. The summed E-state index contributed by atoms with van der Waals surface area (Å²) in [7, 11) is 0. The number of rotatable bonds is 0. The minimum Gasteiger partial charge on any atom is -0.259 e. The van der Waals surface area contributed by atoms with Gasteiger partial charge in [-0.3, -0.25) is 4.98 Å². The lowest BCUT2D eigenvalue weighted by Crippen LogP contribution is -2.14. The molecule has 2 nitrogen and oxygen atoms in total. The molecule has 1 heterocycles. The van der Waals surface area contributed by atoms with Crippen molar-refractivity contribution in [2.45, 2.75) is 26.2 Å². The number of hydrogen-bond donors (Lipinski definition) is 0. The molecule has 0 bridgehead atoms. The van der Waals surface area contributed by atoms with Gasteiger partial charge in [0.2, 0.25) is 0 Å². The van der Waals surface area contributed by atoms with Crippen molar-refractivity contribution in [2.75, 3.05) is 0 Å². The average Bonchev–Trinajstić information content (AvgIpc) is 2.02. The molecule has 0 atom stereocenters. The van der Waals surface area contributed by atoms with E-state index in [2.05, 4.69) is 4.98 Å². The number of hydrogen-bond acceptors (Lipinski definition) is 2. The third-order valence-electron chi connectivity index (χ3n) is 1.72. The summed E-state index contributed by atoms with van der Waals surface area (Å²) in [6, 6.07) is 3.66. The van der Waals surface area contributed by atoms with Gasteiger partial charge in [0.1, 0.15) is 6.07 Å². The van der Waals surface area contributed by atoms with E-state index in [1.807, 2.05) is 26.8 Å². The van der Waals surface area contributed by atoms with Gasteiger partial charge >= 0.3 is 0 Å². The molecule has 0 saturated heterocycles. The zero-order valence-electron chi connectivity index (χ0n) is 7.93. The van der Waals surface area contributed by atoms with E-state index >= 15 is 0 Å². The predicted octanol–water partition coefficient (Wildman–Crippen LogP) is 2.90. The Bertz CT molecular complexity index is 358. The number of aromatic nitrogens is 1. The molecule has 0 fully saturated rings. The minimum absolute atomic E-state index is 0.121.